The second-order valence-electron chi connectivity index (χ2n) is 6.43. The fourth-order valence-electron chi connectivity index (χ4n) is 3.30. The number of hydrogen-bond acceptors (Lipinski definition) is 5. The van der Waals surface area contributed by atoms with Gasteiger partial charge in [-0.15, -0.1) is 24.0 Å². The minimum Gasteiger partial charge on any atom is -0.383 e. The number of hydrogen-bond donors (Lipinski definition) is 2. The number of methoxy groups -OCH3 is 1. The second-order valence-corrected chi connectivity index (χ2v) is 6.43. The van der Waals surface area contributed by atoms with Crippen LogP contribution in [0, 0.1) is 0 Å². The number of halogens is 1. The van der Waals surface area contributed by atoms with E-state index in [0.717, 1.165) is 71.6 Å². The third-order valence-corrected chi connectivity index (χ3v) is 4.71. The molecule has 0 bridgehead atoms. The number of nitrogens with one attached hydrogen (secondary N) is 2. The van der Waals surface area contributed by atoms with Crippen molar-refractivity contribution >= 4 is 29.9 Å². The lowest BCUT2D eigenvalue weighted by molar-refractivity contribution is 0.0389. The molecule has 2 saturated heterocycles. The Morgan fingerprint density at radius 1 is 1.20 bits per heavy atom. The Bertz CT molecular complexity index is 367. The molecule has 0 amide bonds. The van der Waals surface area contributed by atoms with Crippen LogP contribution in [-0.4, -0.2) is 101 Å². The van der Waals surface area contributed by atoms with E-state index in [-0.39, 0.29) is 24.0 Å². The van der Waals surface area contributed by atoms with Crippen molar-refractivity contribution in [2.24, 2.45) is 4.99 Å². The quantitative estimate of drug-likeness (QED) is 0.293. The number of guanidine groups is 1. The van der Waals surface area contributed by atoms with Crippen molar-refractivity contribution < 1.29 is 9.47 Å². The lowest BCUT2D eigenvalue weighted by atomic mass is 10.2. The molecular weight excluding hydrogens is 433 g/mol. The molecule has 0 saturated carbocycles. The van der Waals surface area contributed by atoms with Crippen LogP contribution in [0.5, 0.6) is 0 Å². The van der Waals surface area contributed by atoms with Gasteiger partial charge in [0.15, 0.2) is 5.96 Å². The predicted molar refractivity (Wildman–Crippen MR) is 113 cm³/mol. The van der Waals surface area contributed by atoms with Crippen LogP contribution in [0.4, 0.5) is 0 Å². The molecule has 1 atom stereocenters. The molecule has 2 N–H and O–H groups in total. The normalized spacial score (nSPS) is 22.6. The molecule has 2 aliphatic rings. The zero-order valence-electron chi connectivity index (χ0n) is 15.8. The van der Waals surface area contributed by atoms with Crippen molar-refractivity contribution in [1.29, 1.82) is 0 Å². The van der Waals surface area contributed by atoms with Gasteiger partial charge in [-0.2, -0.15) is 0 Å². The fraction of sp³-hybridized carbons (Fsp3) is 0.941. The van der Waals surface area contributed by atoms with Crippen LogP contribution in [0.15, 0.2) is 4.99 Å². The molecule has 2 heterocycles. The van der Waals surface area contributed by atoms with Gasteiger partial charge in [0.1, 0.15) is 0 Å². The summed E-state index contributed by atoms with van der Waals surface area (Å²) >= 11 is 0. The maximum atomic E-state index is 5.39. The maximum Gasteiger partial charge on any atom is 0.191 e. The predicted octanol–water partition coefficient (Wildman–Crippen LogP) is 0.603. The van der Waals surface area contributed by atoms with Gasteiger partial charge in [0.25, 0.3) is 0 Å². The summed E-state index contributed by atoms with van der Waals surface area (Å²) in [5.74, 6) is 0.935. The average molecular weight is 469 g/mol. The first kappa shape index (κ1) is 22.9. The summed E-state index contributed by atoms with van der Waals surface area (Å²) < 4.78 is 10.6. The molecule has 2 rings (SSSR count). The van der Waals surface area contributed by atoms with Crippen molar-refractivity contribution in [3.8, 4) is 0 Å². The molecule has 148 valence electrons. The van der Waals surface area contributed by atoms with Crippen molar-refractivity contribution in [1.82, 2.24) is 20.4 Å². The first-order chi connectivity index (χ1) is 11.8. The Morgan fingerprint density at radius 3 is 2.72 bits per heavy atom. The van der Waals surface area contributed by atoms with E-state index in [1.54, 1.807) is 7.11 Å². The van der Waals surface area contributed by atoms with Crippen molar-refractivity contribution in [2.45, 2.75) is 25.8 Å². The van der Waals surface area contributed by atoms with E-state index in [0.29, 0.717) is 6.04 Å². The van der Waals surface area contributed by atoms with Crippen LogP contribution >= 0.6 is 24.0 Å². The molecule has 0 aromatic heterocycles. The molecule has 2 aliphatic heterocycles. The highest BCUT2D eigenvalue weighted by Gasteiger charge is 2.23. The first-order valence-electron chi connectivity index (χ1n) is 9.38. The van der Waals surface area contributed by atoms with Gasteiger partial charge < -0.3 is 20.1 Å². The third kappa shape index (κ3) is 8.85. The van der Waals surface area contributed by atoms with E-state index in [1.807, 2.05) is 0 Å². The van der Waals surface area contributed by atoms with Gasteiger partial charge in [-0.1, -0.05) is 0 Å². The van der Waals surface area contributed by atoms with Crippen LogP contribution in [0.3, 0.4) is 0 Å². The molecule has 0 spiro atoms. The van der Waals surface area contributed by atoms with Crippen molar-refractivity contribution in [3.63, 3.8) is 0 Å². The standard InChI is InChI=1S/C17H35N5O2.HI/c1-3-18-17(19-6-8-21-9-13-24-14-10-21)20-15-16-5-4-7-22(16)11-12-23-2;/h16H,3-15H2,1-2H3,(H2,18,19,20);1H. The molecular formula is C17H36IN5O2. The molecule has 0 aromatic rings. The number of nitrogens with zero attached hydrogens (tertiary/aromatic N) is 3. The Kier molecular flexibility index (Phi) is 12.8. The fourth-order valence-corrected chi connectivity index (χ4v) is 3.30. The highest BCUT2D eigenvalue weighted by molar-refractivity contribution is 14.0. The highest BCUT2D eigenvalue weighted by atomic mass is 127. The second kappa shape index (κ2) is 14.0. The Morgan fingerprint density at radius 2 is 2.00 bits per heavy atom. The van der Waals surface area contributed by atoms with Gasteiger partial charge >= 0.3 is 0 Å². The molecule has 0 aliphatic carbocycles. The number of ether oxygens (including phenoxy) is 2. The summed E-state index contributed by atoms with van der Waals surface area (Å²) in [6, 6.07) is 0.551. The smallest absolute Gasteiger partial charge is 0.191 e. The number of morpholine rings is 1. The minimum atomic E-state index is 0. The van der Waals surface area contributed by atoms with Gasteiger partial charge in [0.2, 0.25) is 0 Å². The van der Waals surface area contributed by atoms with Gasteiger partial charge in [0.05, 0.1) is 26.4 Å². The largest absolute Gasteiger partial charge is 0.383 e. The summed E-state index contributed by atoms with van der Waals surface area (Å²) in [5.41, 5.74) is 0. The van der Waals surface area contributed by atoms with Gasteiger partial charge in [-0.3, -0.25) is 14.8 Å². The summed E-state index contributed by atoms with van der Waals surface area (Å²) in [6.07, 6.45) is 2.51. The molecule has 0 radical (unpaired) electrons. The van der Waals surface area contributed by atoms with E-state index < -0.39 is 0 Å². The number of rotatable bonds is 9. The van der Waals surface area contributed by atoms with E-state index in [1.165, 1.54) is 19.4 Å². The van der Waals surface area contributed by atoms with Crippen molar-refractivity contribution in [3.05, 3.63) is 0 Å². The summed E-state index contributed by atoms with van der Waals surface area (Å²) in [6.45, 7) is 12.6. The Balaban J connectivity index is 0.00000312. The number of aliphatic imine (C=N–C) groups is 1. The van der Waals surface area contributed by atoms with Gasteiger partial charge in [-0.25, -0.2) is 0 Å². The van der Waals surface area contributed by atoms with Crippen LogP contribution < -0.4 is 10.6 Å². The van der Waals surface area contributed by atoms with Crippen LogP contribution in [-0.2, 0) is 9.47 Å². The van der Waals surface area contributed by atoms with Crippen LogP contribution in [0.1, 0.15) is 19.8 Å². The third-order valence-electron chi connectivity index (χ3n) is 4.71. The lowest BCUT2D eigenvalue weighted by Crippen LogP contribution is -2.45. The maximum absolute atomic E-state index is 5.39. The topological polar surface area (TPSA) is 61.4 Å². The summed E-state index contributed by atoms with van der Waals surface area (Å²) in [7, 11) is 1.77. The minimum absolute atomic E-state index is 0. The molecule has 25 heavy (non-hydrogen) atoms. The summed E-state index contributed by atoms with van der Waals surface area (Å²) in [4.78, 5) is 9.74. The number of likely N-dealkylation sites (tertiary alicyclic amines) is 1. The average Bonchev–Trinajstić information content (AvgIpc) is 3.06. The molecule has 1 unspecified atom stereocenters. The lowest BCUT2D eigenvalue weighted by Gasteiger charge is -2.27. The van der Waals surface area contributed by atoms with E-state index in [4.69, 9.17) is 14.5 Å². The van der Waals surface area contributed by atoms with Gasteiger partial charge in [0, 0.05) is 52.4 Å². The van der Waals surface area contributed by atoms with Crippen LogP contribution in [0.25, 0.3) is 0 Å². The first-order valence-corrected chi connectivity index (χ1v) is 9.38. The van der Waals surface area contributed by atoms with E-state index >= 15 is 0 Å². The Labute approximate surface area is 169 Å². The zero-order chi connectivity index (χ0) is 17.0. The molecule has 8 heteroatoms. The molecule has 0 aromatic carbocycles. The molecule has 7 nitrogen and oxygen atoms in total. The van der Waals surface area contributed by atoms with Crippen LogP contribution in [0.2, 0.25) is 0 Å². The van der Waals surface area contributed by atoms with Crippen molar-refractivity contribution in [2.75, 3.05) is 79.3 Å². The monoisotopic (exact) mass is 469 g/mol. The SMILES string of the molecule is CCNC(=NCC1CCCN1CCOC)NCCN1CCOCC1.I. The van der Waals surface area contributed by atoms with E-state index in [2.05, 4.69) is 27.4 Å². The Hall–Kier alpha value is -0.160. The highest BCUT2D eigenvalue weighted by Crippen LogP contribution is 2.16. The summed E-state index contributed by atoms with van der Waals surface area (Å²) in [5, 5.41) is 6.82. The molecule has 2 fully saturated rings. The zero-order valence-corrected chi connectivity index (χ0v) is 18.2. The van der Waals surface area contributed by atoms with Gasteiger partial charge in [-0.05, 0) is 26.3 Å². The van der Waals surface area contributed by atoms with E-state index in [9.17, 15) is 0 Å².